The zero-order valence-electron chi connectivity index (χ0n) is 11.6. The minimum atomic E-state index is 0.467. The molecule has 3 atom stereocenters. The fourth-order valence-electron chi connectivity index (χ4n) is 4.25. The normalized spacial score (nSPS) is 38.2. The molecular formula is C15H27NO2. The van der Waals surface area contributed by atoms with Crippen LogP contribution >= 0.6 is 0 Å². The molecule has 3 unspecified atom stereocenters. The molecule has 1 spiro atoms. The van der Waals surface area contributed by atoms with Crippen molar-refractivity contribution in [1.82, 2.24) is 5.32 Å². The van der Waals surface area contributed by atoms with Crippen molar-refractivity contribution in [2.75, 3.05) is 19.8 Å². The topological polar surface area (TPSA) is 30.5 Å². The Morgan fingerprint density at radius 2 is 2.11 bits per heavy atom. The average molecular weight is 253 g/mol. The highest BCUT2D eigenvalue weighted by molar-refractivity contribution is 5.10. The molecule has 1 heterocycles. The lowest BCUT2D eigenvalue weighted by molar-refractivity contribution is -0.131. The van der Waals surface area contributed by atoms with E-state index < -0.39 is 0 Å². The zero-order valence-corrected chi connectivity index (χ0v) is 11.6. The predicted octanol–water partition coefficient (Wildman–Crippen LogP) is 2.49. The molecule has 2 saturated carbocycles. The van der Waals surface area contributed by atoms with Crippen molar-refractivity contribution in [3.05, 3.63) is 0 Å². The van der Waals surface area contributed by atoms with Gasteiger partial charge in [0.25, 0.3) is 0 Å². The van der Waals surface area contributed by atoms with Gasteiger partial charge in [0, 0.05) is 31.2 Å². The highest BCUT2D eigenvalue weighted by Crippen LogP contribution is 2.54. The van der Waals surface area contributed by atoms with Crippen molar-refractivity contribution in [3.63, 3.8) is 0 Å². The summed E-state index contributed by atoms with van der Waals surface area (Å²) in [4.78, 5) is 0. The van der Waals surface area contributed by atoms with Crippen LogP contribution in [0.3, 0.4) is 0 Å². The second kappa shape index (κ2) is 5.48. The van der Waals surface area contributed by atoms with E-state index in [1.54, 1.807) is 0 Å². The lowest BCUT2D eigenvalue weighted by Gasteiger charge is -2.54. The first kappa shape index (κ1) is 12.9. The number of nitrogens with one attached hydrogen (secondary N) is 1. The van der Waals surface area contributed by atoms with E-state index in [0.29, 0.717) is 23.7 Å². The summed E-state index contributed by atoms with van der Waals surface area (Å²) in [6.45, 7) is 5.00. The Morgan fingerprint density at radius 3 is 2.78 bits per heavy atom. The van der Waals surface area contributed by atoms with Gasteiger partial charge in [0.2, 0.25) is 0 Å². The van der Waals surface area contributed by atoms with Crippen LogP contribution in [0.4, 0.5) is 0 Å². The minimum Gasteiger partial charge on any atom is -0.378 e. The molecule has 3 heteroatoms. The predicted molar refractivity (Wildman–Crippen MR) is 71.7 cm³/mol. The van der Waals surface area contributed by atoms with E-state index in [2.05, 4.69) is 12.2 Å². The van der Waals surface area contributed by atoms with Crippen LogP contribution in [0.25, 0.3) is 0 Å². The molecule has 3 fully saturated rings. The minimum absolute atomic E-state index is 0.467. The van der Waals surface area contributed by atoms with E-state index in [1.165, 1.54) is 44.9 Å². The molecule has 0 radical (unpaired) electrons. The Balaban J connectivity index is 1.52. The SMILES string of the molecule is CCOC1CC(NCC2CCCO2)C12CCCC2. The Morgan fingerprint density at radius 1 is 1.28 bits per heavy atom. The first-order chi connectivity index (χ1) is 8.85. The second-order valence-electron chi connectivity index (χ2n) is 6.22. The molecule has 1 N–H and O–H groups in total. The Hall–Kier alpha value is -0.120. The van der Waals surface area contributed by atoms with Crippen molar-refractivity contribution in [3.8, 4) is 0 Å². The van der Waals surface area contributed by atoms with Gasteiger partial charge in [-0.05, 0) is 39.0 Å². The molecule has 2 aliphatic carbocycles. The van der Waals surface area contributed by atoms with Gasteiger partial charge in [-0.15, -0.1) is 0 Å². The molecule has 0 amide bonds. The quantitative estimate of drug-likeness (QED) is 0.816. The fraction of sp³-hybridized carbons (Fsp3) is 1.00. The molecule has 3 nitrogen and oxygen atoms in total. The van der Waals surface area contributed by atoms with E-state index in [-0.39, 0.29) is 0 Å². The van der Waals surface area contributed by atoms with Crippen molar-refractivity contribution < 1.29 is 9.47 Å². The number of rotatable bonds is 5. The zero-order chi connectivity index (χ0) is 12.4. The van der Waals surface area contributed by atoms with Gasteiger partial charge < -0.3 is 14.8 Å². The Kier molecular flexibility index (Phi) is 3.92. The third-order valence-electron chi connectivity index (χ3n) is 5.30. The monoisotopic (exact) mass is 253 g/mol. The van der Waals surface area contributed by atoms with Crippen molar-refractivity contribution in [1.29, 1.82) is 0 Å². The Bertz CT molecular complexity index is 270. The number of hydrogen-bond acceptors (Lipinski definition) is 3. The Labute approximate surface area is 111 Å². The van der Waals surface area contributed by atoms with Crippen LogP contribution in [-0.2, 0) is 9.47 Å². The third-order valence-corrected chi connectivity index (χ3v) is 5.30. The average Bonchev–Trinajstić information content (AvgIpc) is 3.03. The van der Waals surface area contributed by atoms with E-state index in [1.807, 2.05) is 0 Å². The molecular weight excluding hydrogens is 226 g/mol. The van der Waals surface area contributed by atoms with Crippen LogP contribution < -0.4 is 5.32 Å². The fourth-order valence-corrected chi connectivity index (χ4v) is 4.25. The molecule has 0 bridgehead atoms. The number of hydrogen-bond donors (Lipinski definition) is 1. The summed E-state index contributed by atoms with van der Waals surface area (Å²) < 4.78 is 11.6. The van der Waals surface area contributed by atoms with Gasteiger partial charge in [0.05, 0.1) is 12.2 Å². The van der Waals surface area contributed by atoms with Gasteiger partial charge in [0.1, 0.15) is 0 Å². The largest absolute Gasteiger partial charge is 0.378 e. The van der Waals surface area contributed by atoms with Crippen LogP contribution in [0, 0.1) is 5.41 Å². The molecule has 1 saturated heterocycles. The summed E-state index contributed by atoms with van der Waals surface area (Å²) in [5, 5.41) is 3.78. The van der Waals surface area contributed by atoms with E-state index in [0.717, 1.165) is 19.8 Å². The van der Waals surface area contributed by atoms with Crippen LogP contribution in [-0.4, -0.2) is 38.0 Å². The molecule has 3 rings (SSSR count). The lowest BCUT2D eigenvalue weighted by atomic mass is 9.60. The van der Waals surface area contributed by atoms with Crippen molar-refractivity contribution in [2.24, 2.45) is 5.41 Å². The lowest BCUT2D eigenvalue weighted by Crippen LogP contribution is -2.63. The standard InChI is InChI=1S/C15H27NO2/c1-2-17-14-10-13(15(14)7-3-4-8-15)16-11-12-6-5-9-18-12/h12-14,16H,2-11H2,1H3. The molecule has 0 aromatic carbocycles. The summed E-state index contributed by atoms with van der Waals surface area (Å²) in [6.07, 6.45) is 10.2. The molecule has 0 aromatic rings. The summed E-state index contributed by atoms with van der Waals surface area (Å²) in [7, 11) is 0. The van der Waals surface area contributed by atoms with Crippen LogP contribution in [0.15, 0.2) is 0 Å². The van der Waals surface area contributed by atoms with Gasteiger partial charge in [-0.25, -0.2) is 0 Å². The summed E-state index contributed by atoms with van der Waals surface area (Å²) >= 11 is 0. The molecule has 1 aliphatic heterocycles. The van der Waals surface area contributed by atoms with Gasteiger partial charge in [-0.1, -0.05) is 12.8 Å². The van der Waals surface area contributed by atoms with Crippen molar-refractivity contribution in [2.45, 2.75) is 70.1 Å². The van der Waals surface area contributed by atoms with E-state index >= 15 is 0 Å². The second-order valence-corrected chi connectivity index (χ2v) is 6.22. The van der Waals surface area contributed by atoms with Gasteiger partial charge in [0.15, 0.2) is 0 Å². The maximum Gasteiger partial charge on any atom is 0.0700 e. The van der Waals surface area contributed by atoms with Crippen molar-refractivity contribution >= 4 is 0 Å². The first-order valence-corrected chi connectivity index (χ1v) is 7.82. The summed E-state index contributed by atoms with van der Waals surface area (Å²) in [6, 6.07) is 0.681. The van der Waals surface area contributed by atoms with Gasteiger partial charge in [-0.3, -0.25) is 0 Å². The molecule has 18 heavy (non-hydrogen) atoms. The first-order valence-electron chi connectivity index (χ1n) is 7.82. The number of ether oxygens (including phenoxy) is 2. The van der Waals surface area contributed by atoms with Crippen LogP contribution in [0.1, 0.15) is 51.9 Å². The van der Waals surface area contributed by atoms with Gasteiger partial charge >= 0.3 is 0 Å². The molecule has 104 valence electrons. The highest BCUT2D eigenvalue weighted by Gasteiger charge is 2.56. The maximum atomic E-state index is 5.95. The third kappa shape index (κ3) is 2.21. The van der Waals surface area contributed by atoms with Crippen LogP contribution in [0.5, 0.6) is 0 Å². The summed E-state index contributed by atoms with van der Waals surface area (Å²) in [5.74, 6) is 0. The van der Waals surface area contributed by atoms with E-state index in [4.69, 9.17) is 9.47 Å². The smallest absolute Gasteiger partial charge is 0.0700 e. The summed E-state index contributed by atoms with van der Waals surface area (Å²) in [5.41, 5.74) is 0.467. The molecule has 0 aromatic heterocycles. The molecule has 3 aliphatic rings. The highest BCUT2D eigenvalue weighted by atomic mass is 16.5. The van der Waals surface area contributed by atoms with Crippen LogP contribution in [0.2, 0.25) is 0 Å². The van der Waals surface area contributed by atoms with E-state index in [9.17, 15) is 0 Å². The maximum absolute atomic E-state index is 5.95. The van der Waals surface area contributed by atoms with Gasteiger partial charge in [-0.2, -0.15) is 0 Å².